The van der Waals surface area contributed by atoms with Crippen LogP contribution in [-0.2, 0) is 8.85 Å². The zero-order valence-electron chi connectivity index (χ0n) is 19.9. The highest BCUT2D eigenvalue weighted by Gasteiger charge is 2.23. The monoisotopic (exact) mass is 412 g/mol. The standard InChI is InChI=1S/C25H52O2Si/c1-5-6-7-8-9-10-11-12-13-14-15-16-17-18-19-20-21-22-23-24-25-28(4,26-2)27-3/h24-25H,5-23H2,1-4H3. The van der Waals surface area contributed by atoms with Crippen LogP contribution in [0, 0.1) is 0 Å². The van der Waals surface area contributed by atoms with Crippen LogP contribution in [0.4, 0.5) is 0 Å². The van der Waals surface area contributed by atoms with E-state index >= 15 is 0 Å². The Bertz CT molecular complexity index is 327. The molecule has 0 aromatic heterocycles. The molecule has 0 fully saturated rings. The van der Waals surface area contributed by atoms with Gasteiger partial charge < -0.3 is 8.85 Å². The maximum absolute atomic E-state index is 5.46. The molecule has 168 valence electrons. The fourth-order valence-electron chi connectivity index (χ4n) is 3.68. The van der Waals surface area contributed by atoms with Crippen LogP contribution >= 0.6 is 0 Å². The van der Waals surface area contributed by atoms with Crippen molar-refractivity contribution in [3.63, 3.8) is 0 Å². The summed E-state index contributed by atoms with van der Waals surface area (Å²) in [5.74, 6) is 0. The molecule has 0 aliphatic heterocycles. The van der Waals surface area contributed by atoms with Gasteiger partial charge in [-0.25, -0.2) is 0 Å². The van der Waals surface area contributed by atoms with E-state index < -0.39 is 8.56 Å². The third-order valence-corrected chi connectivity index (χ3v) is 8.42. The van der Waals surface area contributed by atoms with Gasteiger partial charge in [0.15, 0.2) is 0 Å². The van der Waals surface area contributed by atoms with E-state index in [9.17, 15) is 0 Å². The van der Waals surface area contributed by atoms with Crippen LogP contribution in [0.15, 0.2) is 11.8 Å². The van der Waals surface area contributed by atoms with Gasteiger partial charge in [0.1, 0.15) is 0 Å². The Morgan fingerprint density at radius 2 is 0.857 bits per heavy atom. The minimum atomic E-state index is -1.99. The molecule has 2 nitrogen and oxygen atoms in total. The van der Waals surface area contributed by atoms with Gasteiger partial charge in [0.25, 0.3) is 0 Å². The summed E-state index contributed by atoms with van der Waals surface area (Å²) >= 11 is 0. The number of hydrogen-bond acceptors (Lipinski definition) is 2. The van der Waals surface area contributed by atoms with Crippen molar-refractivity contribution >= 4 is 8.56 Å². The van der Waals surface area contributed by atoms with E-state index in [1.807, 2.05) is 0 Å². The zero-order valence-corrected chi connectivity index (χ0v) is 20.9. The van der Waals surface area contributed by atoms with E-state index in [1.165, 1.54) is 116 Å². The Morgan fingerprint density at radius 3 is 1.18 bits per heavy atom. The second kappa shape index (κ2) is 21.6. The van der Waals surface area contributed by atoms with Gasteiger partial charge in [0.2, 0.25) is 0 Å². The Hall–Kier alpha value is -0.123. The normalized spacial score (nSPS) is 12.3. The fraction of sp³-hybridized carbons (Fsp3) is 0.920. The largest absolute Gasteiger partial charge is 0.395 e. The van der Waals surface area contributed by atoms with Crippen LogP contribution in [0.5, 0.6) is 0 Å². The van der Waals surface area contributed by atoms with Crippen molar-refractivity contribution in [2.24, 2.45) is 0 Å². The number of hydrogen-bond donors (Lipinski definition) is 0. The molecular weight excluding hydrogens is 360 g/mol. The summed E-state index contributed by atoms with van der Waals surface area (Å²) in [7, 11) is 1.50. The highest BCUT2D eigenvalue weighted by molar-refractivity contribution is 6.71. The van der Waals surface area contributed by atoms with Crippen LogP contribution in [0.1, 0.15) is 129 Å². The van der Waals surface area contributed by atoms with Crippen molar-refractivity contribution in [1.82, 2.24) is 0 Å². The fourth-order valence-corrected chi connectivity index (χ4v) is 4.71. The van der Waals surface area contributed by atoms with Gasteiger partial charge in [0, 0.05) is 14.2 Å². The number of allylic oxidation sites excluding steroid dienone is 1. The molecule has 0 aromatic rings. The first kappa shape index (κ1) is 27.9. The summed E-state index contributed by atoms with van der Waals surface area (Å²) in [5.41, 5.74) is 2.17. The van der Waals surface area contributed by atoms with Crippen molar-refractivity contribution in [1.29, 1.82) is 0 Å². The third kappa shape index (κ3) is 19.2. The van der Waals surface area contributed by atoms with E-state index in [2.05, 4.69) is 25.2 Å². The first-order valence-corrected chi connectivity index (χ1v) is 14.9. The third-order valence-electron chi connectivity index (χ3n) is 5.96. The second-order valence-corrected chi connectivity index (χ2v) is 11.8. The lowest BCUT2D eigenvalue weighted by Crippen LogP contribution is -2.33. The molecule has 0 N–H and O–H groups in total. The molecule has 0 spiro atoms. The Morgan fingerprint density at radius 1 is 0.536 bits per heavy atom. The average Bonchev–Trinajstić information content (AvgIpc) is 2.72. The molecule has 28 heavy (non-hydrogen) atoms. The molecule has 0 unspecified atom stereocenters. The maximum atomic E-state index is 5.46. The molecular formula is C25H52O2Si. The molecule has 0 saturated carbocycles. The summed E-state index contributed by atoms with van der Waals surface area (Å²) in [6.45, 7) is 4.38. The van der Waals surface area contributed by atoms with Crippen LogP contribution in [-0.4, -0.2) is 22.8 Å². The molecule has 3 heteroatoms. The lowest BCUT2D eigenvalue weighted by atomic mass is 10.0. The average molecular weight is 413 g/mol. The van der Waals surface area contributed by atoms with Crippen LogP contribution in [0.3, 0.4) is 0 Å². The van der Waals surface area contributed by atoms with Gasteiger partial charge in [-0.3, -0.25) is 0 Å². The molecule has 0 rings (SSSR count). The molecule has 0 saturated heterocycles. The molecule has 0 aliphatic rings. The highest BCUT2D eigenvalue weighted by Crippen LogP contribution is 2.15. The SMILES string of the molecule is CCCCCCCCCCCCCCCCCCCCC=C[Si](C)(OC)OC. The summed E-state index contributed by atoms with van der Waals surface area (Å²) in [6.07, 6.45) is 29.2. The zero-order chi connectivity index (χ0) is 20.8. The van der Waals surface area contributed by atoms with Gasteiger partial charge in [-0.1, -0.05) is 122 Å². The smallest absolute Gasteiger partial charge is 0.360 e. The summed E-state index contributed by atoms with van der Waals surface area (Å²) in [6, 6.07) is 0. The van der Waals surface area contributed by atoms with Crippen LogP contribution in [0.2, 0.25) is 6.55 Å². The topological polar surface area (TPSA) is 18.5 Å². The summed E-state index contributed by atoms with van der Waals surface area (Å²) in [5, 5.41) is 0. The van der Waals surface area contributed by atoms with Crippen molar-refractivity contribution in [3.8, 4) is 0 Å². The van der Waals surface area contributed by atoms with Crippen molar-refractivity contribution in [2.45, 2.75) is 135 Å². The maximum Gasteiger partial charge on any atom is 0.360 e. The molecule has 0 heterocycles. The lowest BCUT2D eigenvalue weighted by Gasteiger charge is -2.17. The molecule has 0 radical (unpaired) electrons. The minimum absolute atomic E-state index is 1.16. The molecule has 0 bridgehead atoms. The van der Waals surface area contributed by atoms with Crippen molar-refractivity contribution < 1.29 is 8.85 Å². The van der Waals surface area contributed by atoms with Gasteiger partial charge in [-0.2, -0.15) is 0 Å². The predicted octanol–water partition coefficient (Wildman–Crippen LogP) is 8.88. The van der Waals surface area contributed by atoms with Crippen molar-refractivity contribution in [3.05, 3.63) is 11.8 Å². The summed E-state index contributed by atoms with van der Waals surface area (Å²) in [4.78, 5) is 0. The van der Waals surface area contributed by atoms with E-state index in [1.54, 1.807) is 14.2 Å². The number of unbranched alkanes of at least 4 members (excludes halogenated alkanes) is 18. The lowest BCUT2D eigenvalue weighted by molar-refractivity contribution is 0.264. The first-order valence-electron chi connectivity index (χ1n) is 12.5. The summed E-state index contributed by atoms with van der Waals surface area (Å²) < 4.78 is 10.9. The Balaban J connectivity index is 3.17. The van der Waals surface area contributed by atoms with E-state index in [0.717, 1.165) is 6.42 Å². The molecule has 0 atom stereocenters. The van der Waals surface area contributed by atoms with E-state index in [0.29, 0.717) is 0 Å². The highest BCUT2D eigenvalue weighted by atomic mass is 28.4. The van der Waals surface area contributed by atoms with Gasteiger partial charge in [-0.05, 0) is 25.1 Å². The van der Waals surface area contributed by atoms with Gasteiger partial charge in [-0.15, -0.1) is 0 Å². The van der Waals surface area contributed by atoms with E-state index in [-0.39, 0.29) is 0 Å². The molecule has 0 amide bonds. The van der Waals surface area contributed by atoms with Crippen molar-refractivity contribution in [2.75, 3.05) is 14.2 Å². The predicted molar refractivity (Wildman–Crippen MR) is 128 cm³/mol. The Kier molecular flexibility index (Phi) is 21.5. The van der Waals surface area contributed by atoms with Crippen LogP contribution in [0.25, 0.3) is 0 Å². The van der Waals surface area contributed by atoms with Gasteiger partial charge in [0.05, 0.1) is 0 Å². The minimum Gasteiger partial charge on any atom is -0.395 e. The second-order valence-electron chi connectivity index (χ2n) is 8.63. The van der Waals surface area contributed by atoms with E-state index in [4.69, 9.17) is 8.85 Å². The Labute approximate surface area is 179 Å². The van der Waals surface area contributed by atoms with Crippen LogP contribution < -0.4 is 0 Å². The molecule has 0 aliphatic carbocycles. The molecule has 0 aromatic carbocycles. The number of rotatable bonds is 22. The first-order chi connectivity index (χ1) is 13.7. The van der Waals surface area contributed by atoms with Gasteiger partial charge >= 0.3 is 8.56 Å². The quantitative estimate of drug-likeness (QED) is 0.130.